The van der Waals surface area contributed by atoms with Crippen molar-refractivity contribution in [2.24, 2.45) is 5.73 Å². The number of fused-ring (bicyclic) bond motifs is 1. The Morgan fingerprint density at radius 1 is 0.673 bits per heavy atom. The molecule has 0 aliphatic carbocycles. The number of nitrogens with two attached hydrogens (primary N) is 1. The van der Waals surface area contributed by atoms with E-state index in [2.05, 4.69) is 26.3 Å². The molecule has 11 nitrogen and oxygen atoms in total. The Morgan fingerprint density at radius 2 is 1.29 bits per heavy atom. The molecule has 3 aromatic carbocycles. The third kappa shape index (κ3) is 8.92. The van der Waals surface area contributed by atoms with Crippen molar-refractivity contribution in [3.8, 4) is 0 Å². The second-order valence-corrected chi connectivity index (χ2v) is 13.2. The lowest BCUT2D eigenvalue weighted by molar-refractivity contribution is -0.135. The highest BCUT2D eigenvalue weighted by Gasteiger charge is 2.34. The number of piperidine rings is 1. The first-order chi connectivity index (χ1) is 23.8. The summed E-state index contributed by atoms with van der Waals surface area (Å²) >= 11 is 0. The normalized spacial score (nSPS) is 23.6. The molecule has 11 heteroatoms. The summed E-state index contributed by atoms with van der Waals surface area (Å²) in [5.41, 5.74) is 9.80. The largest absolute Gasteiger partial charge is 0.361 e. The fourth-order valence-corrected chi connectivity index (χ4v) is 6.82. The standard InChI is InChI=1S/C38H45N7O4/c39-28-15-17-45(18-16-28)34-22-35(46)43-33(21-27-23-40-31-14-8-7-13-30(27)31)37(48)44-32(20-26-11-5-2-6-12-26)36(47)42-29(24-41-38(34)49)19-25-9-3-1-4-10-25/h1-14,23,28-29,32-34,40H,15-22,24,39H2,(H,41,49)(H,42,47)(H,43,46)(H,44,48)/t29-,32+,33+,34-/m1/s1. The number of nitrogens with zero attached hydrogens (tertiary/aromatic N) is 1. The van der Waals surface area contributed by atoms with E-state index in [-0.39, 0.29) is 43.7 Å². The van der Waals surface area contributed by atoms with E-state index in [1.54, 1.807) is 0 Å². The lowest BCUT2D eigenvalue weighted by Crippen LogP contribution is -2.60. The third-order valence-electron chi connectivity index (χ3n) is 9.56. The van der Waals surface area contributed by atoms with Crippen LogP contribution in [0.1, 0.15) is 36.0 Å². The maximum absolute atomic E-state index is 14.2. The van der Waals surface area contributed by atoms with Crippen molar-refractivity contribution < 1.29 is 19.2 Å². The first-order valence-electron chi connectivity index (χ1n) is 17.1. The summed E-state index contributed by atoms with van der Waals surface area (Å²) in [5.74, 6) is -1.56. The SMILES string of the molecule is NC1CCN([C@@H]2CC(=O)N[C@@H](Cc3c[nH]c4ccccc34)C(=O)N[C@@H](Cc3ccccc3)C(=O)N[C@H](Cc3ccccc3)CNC2=O)CC1. The highest BCUT2D eigenvalue weighted by atomic mass is 16.2. The average molecular weight is 664 g/mol. The molecule has 49 heavy (non-hydrogen) atoms. The number of carbonyl (C=O) groups is 4. The Labute approximate surface area is 286 Å². The van der Waals surface area contributed by atoms with E-state index in [4.69, 9.17) is 5.73 Å². The summed E-state index contributed by atoms with van der Waals surface area (Å²) in [4.78, 5) is 61.2. The zero-order chi connectivity index (χ0) is 34.2. The average Bonchev–Trinajstić information content (AvgIpc) is 3.52. The number of para-hydroxylation sites is 1. The van der Waals surface area contributed by atoms with Gasteiger partial charge < -0.3 is 32.0 Å². The maximum Gasteiger partial charge on any atom is 0.243 e. The fourth-order valence-electron chi connectivity index (χ4n) is 6.82. The van der Waals surface area contributed by atoms with Gasteiger partial charge in [0.25, 0.3) is 0 Å². The first kappa shape index (κ1) is 33.9. The molecule has 0 saturated carbocycles. The van der Waals surface area contributed by atoms with Crippen LogP contribution in [0.25, 0.3) is 10.9 Å². The summed E-state index contributed by atoms with van der Waals surface area (Å²) < 4.78 is 0. The number of nitrogens with one attached hydrogen (secondary N) is 5. The van der Waals surface area contributed by atoms with Gasteiger partial charge in [0.05, 0.1) is 18.5 Å². The second-order valence-electron chi connectivity index (χ2n) is 13.2. The van der Waals surface area contributed by atoms with Gasteiger partial charge in [-0.25, -0.2) is 0 Å². The Morgan fingerprint density at radius 3 is 2.00 bits per heavy atom. The minimum atomic E-state index is -1.00. The number of rotatable bonds is 7. The van der Waals surface area contributed by atoms with Gasteiger partial charge >= 0.3 is 0 Å². The van der Waals surface area contributed by atoms with Crippen molar-refractivity contribution >= 4 is 34.5 Å². The summed E-state index contributed by atoms with van der Waals surface area (Å²) in [6.07, 6.45) is 4.04. The van der Waals surface area contributed by atoms with E-state index in [0.29, 0.717) is 32.4 Å². The minimum absolute atomic E-state index is 0.0465. The fraction of sp³-hybridized carbons (Fsp3) is 0.368. The maximum atomic E-state index is 14.2. The van der Waals surface area contributed by atoms with E-state index in [1.807, 2.05) is 96.0 Å². The van der Waals surface area contributed by atoms with E-state index in [0.717, 1.165) is 27.6 Å². The lowest BCUT2D eigenvalue weighted by atomic mass is 9.99. The molecule has 256 valence electrons. The molecule has 3 heterocycles. The molecule has 4 aromatic rings. The Balaban J connectivity index is 1.33. The number of aromatic amines is 1. The molecule has 7 N–H and O–H groups in total. The zero-order valence-electron chi connectivity index (χ0n) is 27.6. The van der Waals surface area contributed by atoms with Crippen molar-refractivity contribution in [3.05, 3.63) is 108 Å². The predicted molar refractivity (Wildman–Crippen MR) is 188 cm³/mol. The van der Waals surface area contributed by atoms with Crippen molar-refractivity contribution in [2.45, 2.75) is 68.7 Å². The van der Waals surface area contributed by atoms with Crippen LogP contribution in [0, 0.1) is 0 Å². The molecule has 4 amide bonds. The van der Waals surface area contributed by atoms with Crippen LogP contribution >= 0.6 is 0 Å². The number of benzene rings is 3. The summed E-state index contributed by atoms with van der Waals surface area (Å²) in [7, 11) is 0. The number of hydrogen-bond donors (Lipinski definition) is 6. The van der Waals surface area contributed by atoms with Crippen LogP contribution in [0.15, 0.2) is 91.1 Å². The lowest BCUT2D eigenvalue weighted by Gasteiger charge is -2.36. The highest BCUT2D eigenvalue weighted by Crippen LogP contribution is 2.20. The Hall–Kier alpha value is -5.00. The molecule has 2 aliphatic heterocycles. The topological polar surface area (TPSA) is 161 Å². The highest BCUT2D eigenvalue weighted by molar-refractivity contribution is 5.95. The van der Waals surface area contributed by atoms with Crippen LogP contribution in [0.4, 0.5) is 0 Å². The molecule has 2 aliphatic rings. The van der Waals surface area contributed by atoms with Crippen LogP contribution in [-0.2, 0) is 38.4 Å². The van der Waals surface area contributed by atoms with Crippen molar-refractivity contribution in [3.63, 3.8) is 0 Å². The number of hydrogen-bond acceptors (Lipinski definition) is 6. The van der Waals surface area contributed by atoms with Gasteiger partial charge in [0.2, 0.25) is 23.6 Å². The van der Waals surface area contributed by atoms with Crippen molar-refractivity contribution in [2.75, 3.05) is 19.6 Å². The van der Waals surface area contributed by atoms with Gasteiger partial charge in [-0.2, -0.15) is 0 Å². The van der Waals surface area contributed by atoms with Crippen LogP contribution < -0.4 is 27.0 Å². The molecular formula is C38H45N7O4. The summed E-state index contributed by atoms with van der Waals surface area (Å²) in [6, 6.07) is 23.9. The predicted octanol–water partition coefficient (Wildman–Crippen LogP) is 1.96. The molecule has 6 rings (SSSR count). The minimum Gasteiger partial charge on any atom is -0.361 e. The van der Waals surface area contributed by atoms with Crippen LogP contribution in [0.3, 0.4) is 0 Å². The molecule has 0 bridgehead atoms. The van der Waals surface area contributed by atoms with Gasteiger partial charge in [0, 0.05) is 55.6 Å². The molecule has 4 atom stereocenters. The van der Waals surface area contributed by atoms with Crippen molar-refractivity contribution in [1.82, 2.24) is 31.2 Å². The molecule has 2 saturated heterocycles. The number of likely N-dealkylation sites (tertiary alicyclic amines) is 1. The molecule has 0 unspecified atom stereocenters. The smallest absolute Gasteiger partial charge is 0.243 e. The summed E-state index contributed by atoms with van der Waals surface area (Å²) in [6.45, 7) is 1.31. The summed E-state index contributed by atoms with van der Waals surface area (Å²) in [5, 5.41) is 13.0. The third-order valence-corrected chi connectivity index (χ3v) is 9.56. The van der Waals surface area contributed by atoms with E-state index in [1.165, 1.54) is 0 Å². The van der Waals surface area contributed by atoms with Gasteiger partial charge in [-0.3, -0.25) is 24.1 Å². The molecular weight excluding hydrogens is 618 g/mol. The Kier molecular flexibility index (Phi) is 11.0. The van der Waals surface area contributed by atoms with Crippen molar-refractivity contribution in [1.29, 1.82) is 0 Å². The van der Waals surface area contributed by atoms with Gasteiger partial charge in [-0.05, 0) is 42.0 Å². The number of aromatic nitrogens is 1. The molecule has 2 fully saturated rings. The van der Waals surface area contributed by atoms with E-state index in [9.17, 15) is 19.2 Å². The molecule has 0 spiro atoms. The van der Waals surface area contributed by atoms with Crippen LogP contribution in [0.2, 0.25) is 0 Å². The second kappa shape index (κ2) is 15.9. The first-order valence-corrected chi connectivity index (χ1v) is 17.1. The van der Waals surface area contributed by atoms with Gasteiger partial charge in [0.1, 0.15) is 12.1 Å². The van der Waals surface area contributed by atoms with Crippen LogP contribution in [0.5, 0.6) is 0 Å². The van der Waals surface area contributed by atoms with Gasteiger partial charge in [-0.1, -0.05) is 78.9 Å². The number of H-pyrrole nitrogens is 1. The van der Waals surface area contributed by atoms with Crippen LogP contribution in [-0.4, -0.2) is 83.4 Å². The zero-order valence-corrected chi connectivity index (χ0v) is 27.6. The quantitative estimate of drug-likeness (QED) is 0.177. The monoisotopic (exact) mass is 663 g/mol. The van der Waals surface area contributed by atoms with Gasteiger partial charge in [0.15, 0.2) is 0 Å². The molecule has 1 aromatic heterocycles. The van der Waals surface area contributed by atoms with E-state index >= 15 is 0 Å². The van der Waals surface area contributed by atoms with Gasteiger partial charge in [-0.15, -0.1) is 0 Å². The number of amides is 4. The van der Waals surface area contributed by atoms with E-state index < -0.39 is 36.0 Å². The Bertz CT molecular complexity index is 1740. The number of carbonyl (C=O) groups excluding carboxylic acids is 4. The molecule has 0 radical (unpaired) electrons.